The van der Waals surface area contributed by atoms with E-state index in [-0.39, 0.29) is 11.3 Å². The molecule has 5 nitrogen and oxygen atoms in total. The minimum Gasteiger partial charge on any atom is -0.493 e. The average molecular weight is 347 g/mol. The van der Waals surface area contributed by atoms with Crippen molar-refractivity contribution in [1.29, 1.82) is 0 Å². The van der Waals surface area contributed by atoms with Gasteiger partial charge in [-0.25, -0.2) is 4.79 Å². The number of esters is 1. The first-order chi connectivity index (χ1) is 11.8. The Balaban J connectivity index is 2.00. The van der Waals surface area contributed by atoms with Crippen molar-refractivity contribution in [3.8, 4) is 5.75 Å². The Morgan fingerprint density at radius 1 is 1.24 bits per heavy atom. The zero-order valence-electron chi connectivity index (χ0n) is 15.9. The zero-order chi connectivity index (χ0) is 18.4. The molecule has 0 saturated heterocycles. The lowest BCUT2D eigenvalue weighted by molar-refractivity contribution is 0.0491. The highest BCUT2D eigenvalue weighted by molar-refractivity contribution is 5.98. The molecule has 0 aliphatic carbocycles. The predicted octanol–water partition coefficient (Wildman–Crippen LogP) is 4.47. The van der Waals surface area contributed by atoms with E-state index in [1.54, 1.807) is 6.92 Å². The van der Waals surface area contributed by atoms with E-state index in [4.69, 9.17) is 13.9 Å². The summed E-state index contributed by atoms with van der Waals surface area (Å²) in [6.45, 7) is 12.0. The molecule has 1 aromatic carbocycles. The number of nitrogens with one attached hydrogen (secondary N) is 1. The summed E-state index contributed by atoms with van der Waals surface area (Å²) >= 11 is 0. The molecule has 0 bridgehead atoms. The highest BCUT2D eigenvalue weighted by Crippen LogP contribution is 2.33. The van der Waals surface area contributed by atoms with Crippen LogP contribution in [0.25, 0.3) is 11.0 Å². The van der Waals surface area contributed by atoms with Gasteiger partial charge in [-0.15, -0.1) is 0 Å². The van der Waals surface area contributed by atoms with Crippen LogP contribution < -0.4 is 10.1 Å². The van der Waals surface area contributed by atoms with Gasteiger partial charge >= 0.3 is 5.97 Å². The van der Waals surface area contributed by atoms with Gasteiger partial charge in [0.1, 0.15) is 11.3 Å². The Hall–Kier alpha value is -2.01. The van der Waals surface area contributed by atoms with Crippen LogP contribution in [0.3, 0.4) is 0 Å². The monoisotopic (exact) mass is 347 g/mol. The van der Waals surface area contributed by atoms with E-state index in [1.807, 2.05) is 25.1 Å². The summed E-state index contributed by atoms with van der Waals surface area (Å²) in [6, 6.07) is 5.62. The maximum Gasteiger partial charge on any atom is 0.374 e. The van der Waals surface area contributed by atoms with Gasteiger partial charge in [0.15, 0.2) is 0 Å². The lowest BCUT2D eigenvalue weighted by Gasteiger charge is -2.20. The molecule has 0 amide bonds. The standard InChI is InChI=1S/C20H29NO4/c1-6-23-19(22)18-14(2)17-15(10-9-11-16(17)25-18)24-13-8-7-12-21-20(3,4)5/h9-11,21H,6-8,12-13H2,1-5H3. The van der Waals surface area contributed by atoms with Crippen LogP contribution in [0.4, 0.5) is 0 Å². The van der Waals surface area contributed by atoms with Crippen LogP contribution in [0.1, 0.15) is 56.7 Å². The summed E-state index contributed by atoms with van der Waals surface area (Å²) < 4.78 is 16.7. The van der Waals surface area contributed by atoms with Gasteiger partial charge < -0.3 is 19.2 Å². The second-order valence-electron chi connectivity index (χ2n) is 7.14. The molecule has 0 fully saturated rings. The molecule has 1 heterocycles. The molecule has 138 valence electrons. The number of ether oxygens (including phenoxy) is 2. The van der Waals surface area contributed by atoms with Crippen LogP contribution in [0.2, 0.25) is 0 Å². The summed E-state index contributed by atoms with van der Waals surface area (Å²) in [4.78, 5) is 12.0. The molecule has 0 atom stereocenters. The van der Waals surface area contributed by atoms with Crippen molar-refractivity contribution in [1.82, 2.24) is 5.32 Å². The van der Waals surface area contributed by atoms with Gasteiger partial charge in [-0.3, -0.25) is 0 Å². The number of rotatable bonds is 8. The minimum atomic E-state index is -0.435. The Kier molecular flexibility index (Phi) is 6.48. The van der Waals surface area contributed by atoms with Crippen molar-refractivity contribution in [2.75, 3.05) is 19.8 Å². The quantitative estimate of drug-likeness (QED) is 0.564. The van der Waals surface area contributed by atoms with Crippen molar-refractivity contribution in [2.45, 2.75) is 53.0 Å². The first-order valence-electron chi connectivity index (χ1n) is 8.90. The van der Waals surface area contributed by atoms with Crippen LogP contribution in [-0.2, 0) is 4.74 Å². The van der Waals surface area contributed by atoms with Gasteiger partial charge in [0, 0.05) is 11.1 Å². The summed E-state index contributed by atoms with van der Waals surface area (Å²) in [5, 5.41) is 4.31. The molecular formula is C20H29NO4. The molecule has 0 unspecified atom stereocenters. The molecule has 5 heteroatoms. The molecule has 1 N–H and O–H groups in total. The molecule has 0 saturated carbocycles. The fourth-order valence-corrected chi connectivity index (χ4v) is 2.65. The Bertz CT molecular complexity index is 712. The molecule has 25 heavy (non-hydrogen) atoms. The van der Waals surface area contributed by atoms with E-state index >= 15 is 0 Å². The number of benzene rings is 1. The molecule has 0 aliphatic heterocycles. The van der Waals surface area contributed by atoms with E-state index in [0.717, 1.165) is 36.1 Å². The van der Waals surface area contributed by atoms with E-state index in [2.05, 4.69) is 26.1 Å². The fraction of sp³-hybridized carbons (Fsp3) is 0.550. The van der Waals surface area contributed by atoms with Crippen LogP contribution in [0, 0.1) is 6.92 Å². The van der Waals surface area contributed by atoms with Gasteiger partial charge in [-0.2, -0.15) is 0 Å². The molecule has 1 aromatic heterocycles. The first-order valence-corrected chi connectivity index (χ1v) is 8.90. The lowest BCUT2D eigenvalue weighted by Crippen LogP contribution is -2.36. The summed E-state index contributed by atoms with van der Waals surface area (Å²) in [6.07, 6.45) is 2.01. The normalized spacial score (nSPS) is 11.7. The molecular weight excluding hydrogens is 318 g/mol. The minimum absolute atomic E-state index is 0.143. The van der Waals surface area contributed by atoms with E-state index in [9.17, 15) is 4.79 Å². The number of unbranched alkanes of at least 4 members (excludes halogenated alkanes) is 1. The molecule has 0 aliphatic rings. The predicted molar refractivity (Wildman–Crippen MR) is 99.4 cm³/mol. The Morgan fingerprint density at radius 3 is 2.68 bits per heavy atom. The summed E-state index contributed by atoms with van der Waals surface area (Å²) in [5.41, 5.74) is 1.55. The third-order valence-corrected chi connectivity index (χ3v) is 3.86. The SMILES string of the molecule is CCOC(=O)c1oc2cccc(OCCCCNC(C)(C)C)c2c1C. The Labute approximate surface area is 149 Å². The largest absolute Gasteiger partial charge is 0.493 e. The number of furan rings is 1. The van der Waals surface area contributed by atoms with Crippen LogP contribution in [-0.4, -0.2) is 31.3 Å². The van der Waals surface area contributed by atoms with E-state index in [0.29, 0.717) is 18.8 Å². The van der Waals surface area contributed by atoms with Crippen molar-refractivity contribution in [3.05, 3.63) is 29.5 Å². The molecule has 0 radical (unpaired) electrons. The van der Waals surface area contributed by atoms with Gasteiger partial charge in [-0.05, 0) is 66.1 Å². The van der Waals surface area contributed by atoms with Gasteiger partial charge in [0.05, 0.1) is 18.6 Å². The van der Waals surface area contributed by atoms with Crippen molar-refractivity contribution in [3.63, 3.8) is 0 Å². The highest BCUT2D eigenvalue weighted by atomic mass is 16.5. The Morgan fingerprint density at radius 2 is 2.00 bits per heavy atom. The molecule has 2 aromatic rings. The second kappa shape index (κ2) is 8.39. The number of fused-ring (bicyclic) bond motifs is 1. The lowest BCUT2D eigenvalue weighted by atomic mass is 10.1. The number of carbonyl (C=O) groups excluding carboxylic acids is 1. The van der Waals surface area contributed by atoms with Crippen LogP contribution in [0.5, 0.6) is 5.75 Å². The first kappa shape index (κ1) is 19.3. The van der Waals surface area contributed by atoms with Gasteiger partial charge in [0.2, 0.25) is 5.76 Å². The highest BCUT2D eigenvalue weighted by Gasteiger charge is 2.21. The third kappa shape index (κ3) is 5.23. The summed E-state index contributed by atoms with van der Waals surface area (Å²) in [5.74, 6) is 0.566. The third-order valence-electron chi connectivity index (χ3n) is 3.86. The van der Waals surface area contributed by atoms with Crippen molar-refractivity contribution in [2.24, 2.45) is 0 Å². The zero-order valence-corrected chi connectivity index (χ0v) is 15.9. The molecule has 2 rings (SSSR count). The molecule has 0 spiro atoms. The van der Waals surface area contributed by atoms with E-state index < -0.39 is 5.97 Å². The smallest absolute Gasteiger partial charge is 0.374 e. The van der Waals surface area contributed by atoms with Crippen molar-refractivity contribution >= 4 is 16.9 Å². The van der Waals surface area contributed by atoms with E-state index in [1.165, 1.54) is 0 Å². The van der Waals surface area contributed by atoms with Crippen LogP contribution in [0.15, 0.2) is 22.6 Å². The number of aryl methyl sites for hydroxylation is 1. The topological polar surface area (TPSA) is 60.7 Å². The summed E-state index contributed by atoms with van der Waals surface area (Å²) in [7, 11) is 0. The fourth-order valence-electron chi connectivity index (χ4n) is 2.65. The number of hydrogen-bond donors (Lipinski definition) is 1. The number of hydrogen-bond acceptors (Lipinski definition) is 5. The number of carbonyl (C=O) groups is 1. The maximum absolute atomic E-state index is 12.0. The maximum atomic E-state index is 12.0. The average Bonchev–Trinajstić information content (AvgIpc) is 2.88. The van der Waals surface area contributed by atoms with Crippen LogP contribution >= 0.6 is 0 Å². The van der Waals surface area contributed by atoms with Gasteiger partial charge in [0.25, 0.3) is 0 Å². The second-order valence-corrected chi connectivity index (χ2v) is 7.14. The van der Waals surface area contributed by atoms with Crippen molar-refractivity contribution < 1.29 is 18.7 Å². The van der Waals surface area contributed by atoms with Gasteiger partial charge in [-0.1, -0.05) is 6.07 Å².